The minimum atomic E-state index is -0.657. The Bertz CT molecular complexity index is 353. The van der Waals surface area contributed by atoms with Crippen LogP contribution in [0.25, 0.3) is 0 Å². The summed E-state index contributed by atoms with van der Waals surface area (Å²) < 4.78 is 30.3. The number of hydrogen-bond donors (Lipinski definition) is 0. The summed E-state index contributed by atoms with van der Waals surface area (Å²) in [6.07, 6.45) is 9.68. The molecular formula is C22H42O8. The molecule has 0 saturated carbocycles. The summed E-state index contributed by atoms with van der Waals surface area (Å²) in [5.74, 6) is 0. The number of carbonyl (C=O) groups is 2. The van der Waals surface area contributed by atoms with E-state index in [1.807, 2.05) is 0 Å². The number of ether oxygens (including phenoxy) is 6. The molecule has 0 saturated heterocycles. The summed E-state index contributed by atoms with van der Waals surface area (Å²) in [7, 11) is 0. The molecule has 0 aromatic rings. The van der Waals surface area contributed by atoms with Crippen LogP contribution in [0.2, 0.25) is 0 Å². The molecule has 0 aromatic carbocycles. The maximum Gasteiger partial charge on any atom is 0.508 e. The molecule has 0 aromatic heterocycles. The van der Waals surface area contributed by atoms with Crippen molar-refractivity contribution in [2.45, 2.75) is 78.1 Å². The van der Waals surface area contributed by atoms with Gasteiger partial charge in [0.2, 0.25) is 0 Å². The molecule has 0 fully saturated rings. The second-order valence-electron chi connectivity index (χ2n) is 6.95. The summed E-state index contributed by atoms with van der Waals surface area (Å²) in [4.78, 5) is 22.7. The fourth-order valence-corrected chi connectivity index (χ4v) is 2.50. The van der Waals surface area contributed by atoms with E-state index >= 15 is 0 Å². The molecule has 178 valence electrons. The van der Waals surface area contributed by atoms with Gasteiger partial charge in [-0.15, -0.1) is 0 Å². The quantitative estimate of drug-likeness (QED) is 0.178. The van der Waals surface area contributed by atoms with Crippen LogP contribution in [0.5, 0.6) is 0 Å². The average Bonchev–Trinajstić information content (AvgIpc) is 2.74. The molecule has 8 heteroatoms. The van der Waals surface area contributed by atoms with E-state index < -0.39 is 12.3 Å². The lowest BCUT2D eigenvalue weighted by Crippen LogP contribution is -2.16. The Morgan fingerprint density at radius 2 is 0.767 bits per heavy atom. The molecule has 30 heavy (non-hydrogen) atoms. The van der Waals surface area contributed by atoms with Crippen LogP contribution in [0.15, 0.2) is 0 Å². The van der Waals surface area contributed by atoms with Gasteiger partial charge >= 0.3 is 12.3 Å². The van der Waals surface area contributed by atoms with Gasteiger partial charge in [-0.05, 0) is 12.8 Å². The van der Waals surface area contributed by atoms with Gasteiger partial charge < -0.3 is 28.4 Å². The van der Waals surface area contributed by atoms with E-state index in [4.69, 9.17) is 28.4 Å². The molecule has 0 spiro atoms. The molecule has 0 N–H and O–H groups in total. The van der Waals surface area contributed by atoms with Crippen LogP contribution in [0, 0.1) is 0 Å². The Kier molecular flexibility index (Phi) is 22.5. The Morgan fingerprint density at radius 1 is 0.433 bits per heavy atom. The van der Waals surface area contributed by atoms with Crippen LogP contribution in [-0.2, 0) is 28.4 Å². The van der Waals surface area contributed by atoms with Crippen LogP contribution in [0.4, 0.5) is 9.59 Å². The zero-order valence-electron chi connectivity index (χ0n) is 19.0. The Balaban J connectivity index is 3.23. The van der Waals surface area contributed by atoms with E-state index in [0.29, 0.717) is 26.4 Å². The Hall–Kier alpha value is -1.54. The molecule has 0 heterocycles. The van der Waals surface area contributed by atoms with Gasteiger partial charge in [-0.3, -0.25) is 0 Å². The van der Waals surface area contributed by atoms with E-state index in [1.54, 1.807) is 0 Å². The van der Waals surface area contributed by atoms with Crippen molar-refractivity contribution >= 4 is 12.3 Å². The summed E-state index contributed by atoms with van der Waals surface area (Å²) in [6, 6.07) is 0. The highest BCUT2D eigenvalue weighted by Gasteiger charge is 2.04. The van der Waals surface area contributed by atoms with Crippen LogP contribution in [0.1, 0.15) is 78.1 Å². The third-order valence-electron chi connectivity index (χ3n) is 4.20. The summed E-state index contributed by atoms with van der Waals surface area (Å²) in [5, 5.41) is 0. The molecule has 0 unspecified atom stereocenters. The zero-order valence-corrected chi connectivity index (χ0v) is 19.0. The molecule has 0 atom stereocenters. The molecule has 0 aliphatic heterocycles. The predicted molar refractivity (Wildman–Crippen MR) is 114 cm³/mol. The zero-order chi connectivity index (χ0) is 22.1. The van der Waals surface area contributed by atoms with Gasteiger partial charge in [-0.25, -0.2) is 9.59 Å². The van der Waals surface area contributed by atoms with Crippen molar-refractivity contribution < 1.29 is 38.0 Å². The fourth-order valence-electron chi connectivity index (χ4n) is 2.50. The minimum absolute atomic E-state index is 0.141. The first kappa shape index (κ1) is 28.5. The van der Waals surface area contributed by atoms with Crippen molar-refractivity contribution in [1.29, 1.82) is 0 Å². The maximum absolute atomic E-state index is 11.3. The molecule has 0 aliphatic carbocycles. The standard InChI is InChI=1S/C22H42O8/c1-3-5-7-9-11-13-27-21(23)29-19-17-25-15-16-26-18-20-30-22(24)28-14-12-10-8-6-4-2/h3-20H2,1-2H3. The lowest BCUT2D eigenvalue weighted by atomic mass is 10.2. The van der Waals surface area contributed by atoms with Crippen molar-refractivity contribution in [2.24, 2.45) is 0 Å². The first-order valence-electron chi connectivity index (χ1n) is 11.4. The summed E-state index contributed by atoms with van der Waals surface area (Å²) in [5.41, 5.74) is 0. The van der Waals surface area contributed by atoms with Crippen molar-refractivity contribution in [3.63, 3.8) is 0 Å². The first-order valence-corrected chi connectivity index (χ1v) is 11.4. The molecular weight excluding hydrogens is 392 g/mol. The molecule has 0 bridgehead atoms. The van der Waals surface area contributed by atoms with Gasteiger partial charge in [0, 0.05) is 0 Å². The SMILES string of the molecule is CCCCCCCOC(=O)OCCOCCOCCOC(=O)OCCCCCCC. The lowest BCUT2D eigenvalue weighted by Gasteiger charge is -2.08. The number of carbonyl (C=O) groups excluding carboxylic acids is 2. The molecule has 0 amide bonds. The monoisotopic (exact) mass is 434 g/mol. The number of rotatable bonds is 21. The van der Waals surface area contributed by atoms with E-state index in [0.717, 1.165) is 25.7 Å². The highest BCUT2D eigenvalue weighted by molar-refractivity contribution is 5.60. The lowest BCUT2D eigenvalue weighted by molar-refractivity contribution is -0.00485. The number of hydrogen-bond acceptors (Lipinski definition) is 8. The first-order chi connectivity index (χ1) is 14.7. The van der Waals surface area contributed by atoms with Crippen LogP contribution in [0.3, 0.4) is 0 Å². The van der Waals surface area contributed by atoms with Crippen molar-refractivity contribution in [1.82, 2.24) is 0 Å². The summed E-state index contributed by atoms with van der Waals surface area (Å²) >= 11 is 0. The Morgan fingerprint density at radius 3 is 1.17 bits per heavy atom. The summed E-state index contributed by atoms with van der Waals surface area (Å²) in [6.45, 7) is 6.66. The van der Waals surface area contributed by atoms with Gasteiger partial charge in [0.05, 0.1) is 39.6 Å². The van der Waals surface area contributed by atoms with E-state index in [1.165, 1.54) is 38.5 Å². The van der Waals surface area contributed by atoms with E-state index in [-0.39, 0.29) is 26.4 Å². The van der Waals surface area contributed by atoms with Crippen LogP contribution in [-0.4, -0.2) is 65.2 Å². The topological polar surface area (TPSA) is 89.5 Å². The molecule has 0 aliphatic rings. The smallest absolute Gasteiger partial charge is 0.434 e. The van der Waals surface area contributed by atoms with Crippen LogP contribution < -0.4 is 0 Å². The third kappa shape index (κ3) is 22.7. The van der Waals surface area contributed by atoms with E-state index in [2.05, 4.69) is 13.8 Å². The van der Waals surface area contributed by atoms with Crippen LogP contribution >= 0.6 is 0 Å². The Labute approximate surface area is 181 Å². The predicted octanol–water partition coefficient (Wildman–Crippen LogP) is 5.27. The fraction of sp³-hybridized carbons (Fsp3) is 0.909. The van der Waals surface area contributed by atoms with Gasteiger partial charge in [-0.1, -0.05) is 65.2 Å². The van der Waals surface area contributed by atoms with Gasteiger partial charge in [0.15, 0.2) is 0 Å². The molecule has 8 nitrogen and oxygen atoms in total. The average molecular weight is 435 g/mol. The van der Waals surface area contributed by atoms with Gasteiger partial charge in [0.1, 0.15) is 13.2 Å². The highest BCUT2D eigenvalue weighted by Crippen LogP contribution is 2.03. The van der Waals surface area contributed by atoms with Crippen molar-refractivity contribution in [3.8, 4) is 0 Å². The highest BCUT2D eigenvalue weighted by atomic mass is 16.7. The molecule has 0 radical (unpaired) electrons. The van der Waals surface area contributed by atoms with E-state index in [9.17, 15) is 9.59 Å². The van der Waals surface area contributed by atoms with Crippen molar-refractivity contribution in [2.75, 3.05) is 52.9 Å². The van der Waals surface area contributed by atoms with Gasteiger partial charge in [0.25, 0.3) is 0 Å². The largest absolute Gasteiger partial charge is 0.508 e. The van der Waals surface area contributed by atoms with Gasteiger partial charge in [-0.2, -0.15) is 0 Å². The number of unbranched alkanes of at least 4 members (excludes halogenated alkanes) is 8. The third-order valence-corrected chi connectivity index (χ3v) is 4.20. The second-order valence-corrected chi connectivity index (χ2v) is 6.95. The van der Waals surface area contributed by atoms with Crippen molar-refractivity contribution in [3.05, 3.63) is 0 Å². The maximum atomic E-state index is 11.3. The molecule has 0 rings (SSSR count). The second kappa shape index (κ2) is 23.7. The minimum Gasteiger partial charge on any atom is -0.434 e. The normalized spacial score (nSPS) is 10.6.